The van der Waals surface area contributed by atoms with E-state index in [1.54, 1.807) is 0 Å². The van der Waals surface area contributed by atoms with Crippen LogP contribution in [0, 0.1) is 5.41 Å². The van der Waals surface area contributed by atoms with Gasteiger partial charge < -0.3 is 5.11 Å². The summed E-state index contributed by atoms with van der Waals surface area (Å²) in [6.07, 6.45) is 37.2. The summed E-state index contributed by atoms with van der Waals surface area (Å²) in [7, 11) is 0. The highest BCUT2D eigenvalue weighted by molar-refractivity contribution is 5.73. The summed E-state index contributed by atoms with van der Waals surface area (Å²) in [5, 5.41) is 10.1. The highest BCUT2D eigenvalue weighted by Crippen LogP contribution is 2.41. The molecule has 0 saturated carbocycles. The second kappa shape index (κ2) is 19.6. The van der Waals surface area contributed by atoms with E-state index in [0.29, 0.717) is 0 Å². The van der Waals surface area contributed by atoms with Gasteiger partial charge in [-0.25, -0.2) is 0 Å². The topological polar surface area (TPSA) is 37.3 Å². The summed E-state index contributed by atoms with van der Waals surface area (Å²) in [4.78, 5) is 11.2. The van der Waals surface area contributed by atoms with Crippen molar-refractivity contribution in [3.8, 4) is 0 Å². The van der Waals surface area contributed by atoms with Crippen molar-refractivity contribution in [2.24, 2.45) is 5.41 Å². The fourth-order valence-corrected chi connectivity index (χ4v) is 4.77. The summed E-state index contributed by atoms with van der Waals surface area (Å²) in [5.41, 5.74) is 9.37. The maximum Gasteiger partial charge on any atom is 0.146 e. The van der Waals surface area contributed by atoms with Gasteiger partial charge in [0.05, 0.1) is 6.10 Å². The minimum Gasteiger partial charge on any atom is -0.393 e. The largest absolute Gasteiger partial charge is 0.393 e. The predicted octanol–water partition coefficient (Wildman–Crippen LogP) is 10.9. The molecule has 0 bridgehead atoms. The maximum atomic E-state index is 11.2. The van der Waals surface area contributed by atoms with E-state index in [9.17, 15) is 9.90 Å². The normalized spacial score (nSPS) is 19.9. The minimum absolute atomic E-state index is 0.00147. The molecule has 1 atom stereocenters. The zero-order valence-corrected chi connectivity index (χ0v) is 27.6. The van der Waals surface area contributed by atoms with Crippen LogP contribution < -0.4 is 0 Å². The van der Waals surface area contributed by atoms with Gasteiger partial charge >= 0.3 is 0 Å². The molecule has 1 N–H and O–H groups in total. The summed E-state index contributed by atoms with van der Waals surface area (Å²) >= 11 is 0. The lowest BCUT2D eigenvalue weighted by Gasteiger charge is -2.35. The van der Waals surface area contributed by atoms with Crippen LogP contribution in [0.4, 0.5) is 0 Å². The Labute approximate surface area is 257 Å². The van der Waals surface area contributed by atoms with Crippen molar-refractivity contribution >= 4 is 6.29 Å². The van der Waals surface area contributed by atoms with Gasteiger partial charge in [-0.05, 0) is 90.7 Å². The molecule has 0 aromatic carbocycles. The predicted molar refractivity (Wildman–Crippen MR) is 185 cm³/mol. The van der Waals surface area contributed by atoms with Crippen LogP contribution in [0.2, 0.25) is 0 Å². The SMILES string of the molecule is CC(C)=CCC/C(C=O)=C/C=C/C(C)=C/C=C/C(C)=C/C=C/C=C(C)/C=C/C=C(C)/C=C/C1=C(C)CC(O)CC1(C)C. The molecule has 1 rings (SSSR count). The Morgan fingerprint density at radius 2 is 1.24 bits per heavy atom. The Morgan fingerprint density at radius 3 is 1.71 bits per heavy atom. The van der Waals surface area contributed by atoms with Crippen molar-refractivity contribution in [3.05, 3.63) is 142 Å². The van der Waals surface area contributed by atoms with Crippen LogP contribution >= 0.6 is 0 Å². The third-order valence-electron chi connectivity index (χ3n) is 7.06. The first-order chi connectivity index (χ1) is 19.8. The molecule has 1 unspecified atom stereocenters. The van der Waals surface area contributed by atoms with E-state index in [1.165, 1.54) is 27.9 Å². The van der Waals surface area contributed by atoms with Crippen molar-refractivity contribution in [2.45, 2.75) is 94.1 Å². The quantitative estimate of drug-likeness (QED) is 0.0982. The molecule has 42 heavy (non-hydrogen) atoms. The van der Waals surface area contributed by atoms with Crippen LogP contribution in [0.1, 0.15) is 88.0 Å². The van der Waals surface area contributed by atoms with E-state index >= 15 is 0 Å². The molecule has 0 heterocycles. The van der Waals surface area contributed by atoms with Crippen LogP contribution in [0.5, 0.6) is 0 Å². The number of aliphatic hydroxyl groups excluding tert-OH is 1. The first-order valence-electron chi connectivity index (χ1n) is 15.1. The number of hydrogen-bond acceptors (Lipinski definition) is 2. The van der Waals surface area contributed by atoms with Crippen LogP contribution in [-0.4, -0.2) is 17.5 Å². The lowest BCUT2D eigenvalue weighted by molar-refractivity contribution is -0.105. The van der Waals surface area contributed by atoms with E-state index in [-0.39, 0.29) is 11.5 Å². The molecule has 0 aromatic heterocycles. The number of allylic oxidation sites excluding steroid dienone is 23. The van der Waals surface area contributed by atoms with E-state index in [2.05, 4.69) is 128 Å². The Bertz CT molecular complexity index is 1270. The number of hydrogen-bond donors (Lipinski definition) is 1. The molecule has 0 aromatic rings. The smallest absolute Gasteiger partial charge is 0.146 e. The van der Waals surface area contributed by atoms with Crippen LogP contribution in [0.3, 0.4) is 0 Å². The summed E-state index contributed by atoms with van der Waals surface area (Å²) < 4.78 is 0. The third kappa shape index (κ3) is 16.1. The van der Waals surface area contributed by atoms with Crippen molar-refractivity contribution < 1.29 is 9.90 Å². The standard InChI is InChI=1S/C40H54O2/c1-31(2)16-12-24-37(30-41)25-15-23-34(5)21-13-19-32(3)17-10-11-18-33(4)20-14-22-35(6)26-27-39-36(7)28-38(42)29-40(39,8)9/h10-11,13-23,25-27,30,38,42H,12,24,28-29H2,1-9H3/b11-10+,19-13+,20-14+,23-15+,27-26+,32-17+,33-18+,34-21+,35-22+,37-25-. The first kappa shape index (κ1) is 36.5. The van der Waals surface area contributed by atoms with Crippen molar-refractivity contribution in [1.82, 2.24) is 0 Å². The van der Waals surface area contributed by atoms with Crippen molar-refractivity contribution in [3.63, 3.8) is 0 Å². The molecule has 0 aliphatic heterocycles. The minimum atomic E-state index is -0.230. The molecular formula is C40H54O2. The fraction of sp³-hybridized carbons (Fsp3) is 0.375. The lowest BCUT2D eigenvalue weighted by atomic mass is 9.71. The third-order valence-corrected chi connectivity index (χ3v) is 7.06. The second-order valence-electron chi connectivity index (χ2n) is 12.3. The van der Waals surface area contributed by atoms with Crippen LogP contribution in [0.15, 0.2) is 142 Å². The zero-order chi connectivity index (χ0) is 31.5. The molecule has 0 saturated heterocycles. The number of rotatable bonds is 14. The number of carbonyl (C=O) groups is 1. The Kier molecular flexibility index (Phi) is 17.0. The number of aldehydes is 1. The van der Waals surface area contributed by atoms with Crippen LogP contribution in [0.25, 0.3) is 0 Å². The number of carbonyl (C=O) groups excluding carboxylic acids is 1. The van der Waals surface area contributed by atoms with E-state index in [1.807, 2.05) is 31.2 Å². The average Bonchev–Trinajstić information content (AvgIpc) is 2.89. The molecular weight excluding hydrogens is 512 g/mol. The van der Waals surface area contributed by atoms with Gasteiger partial charge in [-0.3, -0.25) is 4.79 Å². The summed E-state index contributed by atoms with van der Waals surface area (Å²) in [5.74, 6) is 0. The highest BCUT2D eigenvalue weighted by Gasteiger charge is 2.31. The van der Waals surface area contributed by atoms with Gasteiger partial charge in [0.15, 0.2) is 0 Å². The Balaban J connectivity index is 2.63. The molecule has 1 aliphatic carbocycles. The summed E-state index contributed by atoms with van der Waals surface area (Å²) in [6.45, 7) is 19.0. The molecule has 2 nitrogen and oxygen atoms in total. The monoisotopic (exact) mass is 566 g/mol. The molecule has 0 amide bonds. The van der Waals surface area contributed by atoms with Crippen molar-refractivity contribution in [2.75, 3.05) is 0 Å². The van der Waals surface area contributed by atoms with E-state index in [4.69, 9.17) is 0 Å². The van der Waals surface area contributed by atoms with Gasteiger partial charge in [0.2, 0.25) is 0 Å². The highest BCUT2D eigenvalue weighted by atomic mass is 16.3. The molecule has 1 aliphatic rings. The van der Waals surface area contributed by atoms with E-state index in [0.717, 1.165) is 48.7 Å². The Hall–Kier alpha value is -3.49. The molecule has 226 valence electrons. The molecule has 2 heteroatoms. The second-order valence-corrected chi connectivity index (χ2v) is 12.3. The molecule has 0 radical (unpaired) electrons. The zero-order valence-electron chi connectivity index (χ0n) is 27.6. The van der Waals surface area contributed by atoms with Gasteiger partial charge in [-0.1, -0.05) is 145 Å². The van der Waals surface area contributed by atoms with Crippen molar-refractivity contribution in [1.29, 1.82) is 0 Å². The van der Waals surface area contributed by atoms with Gasteiger partial charge in [0.1, 0.15) is 6.29 Å². The lowest BCUT2D eigenvalue weighted by Crippen LogP contribution is -2.28. The number of aliphatic hydroxyl groups is 1. The first-order valence-corrected chi connectivity index (χ1v) is 15.1. The van der Waals surface area contributed by atoms with Gasteiger partial charge in [-0.15, -0.1) is 0 Å². The van der Waals surface area contributed by atoms with Gasteiger partial charge in [-0.2, -0.15) is 0 Å². The van der Waals surface area contributed by atoms with Gasteiger partial charge in [0, 0.05) is 0 Å². The fourth-order valence-electron chi connectivity index (χ4n) is 4.77. The molecule has 0 spiro atoms. The maximum absolute atomic E-state index is 11.2. The van der Waals surface area contributed by atoms with Gasteiger partial charge in [0.25, 0.3) is 0 Å². The summed E-state index contributed by atoms with van der Waals surface area (Å²) in [6, 6.07) is 0. The van der Waals surface area contributed by atoms with Crippen LogP contribution in [-0.2, 0) is 4.79 Å². The Morgan fingerprint density at radius 1 is 0.762 bits per heavy atom. The van der Waals surface area contributed by atoms with E-state index < -0.39 is 0 Å². The molecule has 0 fully saturated rings. The average molecular weight is 567 g/mol.